The molecule has 0 saturated heterocycles. The van der Waals surface area contributed by atoms with Crippen LogP contribution in [0.25, 0.3) is 10.2 Å². The van der Waals surface area contributed by atoms with Crippen LogP contribution in [0, 0.1) is 5.92 Å². The minimum Gasteiger partial charge on any atom is -0.462 e. The summed E-state index contributed by atoms with van der Waals surface area (Å²) >= 11 is 4.54. The number of hydrogen-bond donors (Lipinski definition) is 1. The Balaban J connectivity index is 1.48. The van der Waals surface area contributed by atoms with Gasteiger partial charge in [-0.2, -0.15) is 0 Å². The van der Waals surface area contributed by atoms with E-state index in [1.165, 1.54) is 28.0 Å². The van der Waals surface area contributed by atoms with Crippen molar-refractivity contribution < 1.29 is 14.3 Å². The lowest BCUT2D eigenvalue weighted by Gasteiger charge is -2.18. The van der Waals surface area contributed by atoms with E-state index in [0.29, 0.717) is 23.1 Å². The van der Waals surface area contributed by atoms with Crippen LogP contribution in [-0.4, -0.2) is 23.5 Å². The number of amides is 1. The van der Waals surface area contributed by atoms with Gasteiger partial charge in [0.1, 0.15) is 10.3 Å². The Morgan fingerprint density at radius 1 is 1.14 bits per heavy atom. The third-order valence-corrected chi connectivity index (χ3v) is 9.62. The minimum atomic E-state index is -0.509. The van der Waals surface area contributed by atoms with Crippen molar-refractivity contribution in [3.05, 3.63) is 76.2 Å². The summed E-state index contributed by atoms with van der Waals surface area (Å²) in [5.74, 6) is 0.0361. The van der Waals surface area contributed by atoms with E-state index >= 15 is 0 Å². The molecular formula is C27H26N2O3S3. The van der Waals surface area contributed by atoms with E-state index in [2.05, 4.69) is 12.2 Å². The molecule has 1 N–H and O–H groups in total. The van der Waals surface area contributed by atoms with Crippen molar-refractivity contribution in [2.45, 2.75) is 42.7 Å². The molecule has 8 heteroatoms. The summed E-state index contributed by atoms with van der Waals surface area (Å²) in [6.07, 6.45) is 2.79. The number of rotatable bonds is 7. The largest absolute Gasteiger partial charge is 0.462 e. The fourth-order valence-corrected chi connectivity index (χ4v) is 8.00. The quantitative estimate of drug-likeness (QED) is 0.207. The molecule has 0 fully saturated rings. The predicted molar refractivity (Wildman–Crippen MR) is 145 cm³/mol. The third-order valence-electron chi connectivity index (χ3n) is 6.06. The van der Waals surface area contributed by atoms with Crippen molar-refractivity contribution in [2.24, 2.45) is 5.92 Å². The first-order valence-corrected chi connectivity index (χ1v) is 14.2. The zero-order valence-corrected chi connectivity index (χ0v) is 22.0. The summed E-state index contributed by atoms with van der Waals surface area (Å²) in [6, 6.07) is 17.7. The molecule has 5 nitrogen and oxygen atoms in total. The van der Waals surface area contributed by atoms with Crippen molar-refractivity contribution in [1.82, 2.24) is 4.98 Å². The molecule has 0 unspecified atom stereocenters. The fraction of sp³-hybridized carbons (Fsp3) is 0.296. The molecule has 35 heavy (non-hydrogen) atoms. The number of carbonyl (C=O) groups is 2. The van der Waals surface area contributed by atoms with Crippen LogP contribution in [0.5, 0.6) is 0 Å². The Hall–Kier alpha value is -2.68. The van der Waals surface area contributed by atoms with Gasteiger partial charge in [-0.25, -0.2) is 9.78 Å². The molecule has 0 radical (unpaired) electrons. The molecule has 0 aliphatic heterocycles. The highest BCUT2D eigenvalue weighted by molar-refractivity contribution is 8.02. The first-order valence-electron chi connectivity index (χ1n) is 11.7. The number of fused-ring (bicyclic) bond motifs is 2. The van der Waals surface area contributed by atoms with Crippen LogP contribution in [0.15, 0.2) is 58.9 Å². The topological polar surface area (TPSA) is 68.3 Å². The van der Waals surface area contributed by atoms with E-state index in [4.69, 9.17) is 9.72 Å². The Kier molecular flexibility index (Phi) is 7.22. The van der Waals surface area contributed by atoms with Crippen LogP contribution in [0.4, 0.5) is 5.00 Å². The number of carbonyl (C=O) groups excluding carboxylic acids is 2. The number of ether oxygens (including phenoxy) is 1. The molecule has 1 aliphatic rings. The Morgan fingerprint density at radius 3 is 2.69 bits per heavy atom. The zero-order chi connectivity index (χ0) is 24.4. The number of nitrogens with zero attached hydrogens (tertiary/aromatic N) is 1. The second kappa shape index (κ2) is 10.5. The lowest BCUT2D eigenvalue weighted by molar-refractivity contribution is -0.115. The maximum absolute atomic E-state index is 13.7. The van der Waals surface area contributed by atoms with E-state index in [0.717, 1.165) is 44.9 Å². The van der Waals surface area contributed by atoms with Gasteiger partial charge >= 0.3 is 5.97 Å². The molecule has 1 amide bonds. The lowest BCUT2D eigenvalue weighted by atomic mass is 9.88. The molecule has 2 aromatic heterocycles. The van der Waals surface area contributed by atoms with Gasteiger partial charge in [-0.3, -0.25) is 4.79 Å². The van der Waals surface area contributed by atoms with Gasteiger partial charge in [0.15, 0.2) is 4.34 Å². The number of thiazole rings is 1. The normalized spacial score (nSPS) is 16.0. The number of nitrogens with one attached hydrogen (secondary N) is 1. The smallest absolute Gasteiger partial charge is 0.341 e. The zero-order valence-electron chi connectivity index (χ0n) is 19.6. The molecule has 5 rings (SSSR count). The molecule has 180 valence electrons. The minimum absolute atomic E-state index is 0.169. The molecule has 0 spiro atoms. The van der Waals surface area contributed by atoms with E-state index in [-0.39, 0.29) is 11.9 Å². The number of para-hydroxylation sites is 1. The Labute approximate surface area is 216 Å². The molecule has 2 heterocycles. The second-order valence-corrected chi connectivity index (χ2v) is 12.1. The van der Waals surface area contributed by atoms with E-state index < -0.39 is 5.25 Å². The molecule has 0 saturated carbocycles. The Morgan fingerprint density at radius 2 is 1.91 bits per heavy atom. The van der Waals surface area contributed by atoms with Crippen molar-refractivity contribution in [2.75, 3.05) is 11.9 Å². The number of esters is 1. The number of thioether (sulfide) groups is 1. The first-order chi connectivity index (χ1) is 17.0. The number of benzene rings is 2. The highest BCUT2D eigenvalue weighted by Gasteiger charge is 2.31. The molecule has 4 aromatic rings. The molecule has 1 aliphatic carbocycles. The maximum Gasteiger partial charge on any atom is 0.341 e. The van der Waals surface area contributed by atoms with Crippen LogP contribution in [0.3, 0.4) is 0 Å². The summed E-state index contributed by atoms with van der Waals surface area (Å²) < 4.78 is 7.30. The highest BCUT2D eigenvalue weighted by Crippen LogP contribution is 2.43. The van der Waals surface area contributed by atoms with Crippen LogP contribution < -0.4 is 5.32 Å². The van der Waals surface area contributed by atoms with Gasteiger partial charge in [-0.05, 0) is 55.4 Å². The van der Waals surface area contributed by atoms with E-state index in [1.807, 2.05) is 54.6 Å². The van der Waals surface area contributed by atoms with Gasteiger partial charge in [0.05, 0.1) is 22.4 Å². The summed E-state index contributed by atoms with van der Waals surface area (Å²) in [6.45, 7) is 4.33. The van der Waals surface area contributed by atoms with Crippen molar-refractivity contribution >= 4 is 61.5 Å². The summed E-state index contributed by atoms with van der Waals surface area (Å²) in [7, 11) is 0. The molecule has 2 aromatic carbocycles. The third kappa shape index (κ3) is 5.15. The number of aromatic nitrogens is 1. The second-order valence-electron chi connectivity index (χ2n) is 8.62. The fourth-order valence-electron chi connectivity index (χ4n) is 4.34. The van der Waals surface area contributed by atoms with Gasteiger partial charge in [0, 0.05) is 4.88 Å². The van der Waals surface area contributed by atoms with Gasteiger partial charge in [0.25, 0.3) is 0 Å². The van der Waals surface area contributed by atoms with Crippen LogP contribution in [0.2, 0.25) is 0 Å². The van der Waals surface area contributed by atoms with Crippen LogP contribution in [0.1, 0.15) is 51.9 Å². The van der Waals surface area contributed by atoms with Crippen molar-refractivity contribution in [3.63, 3.8) is 0 Å². The summed E-state index contributed by atoms with van der Waals surface area (Å²) in [5.41, 5.74) is 3.39. The maximum atomic E-state index is 13.7. The van der Waals surface area contributed by atoms with Crippen LogP contribution >= 0.6 is 34.4 Å². The van der Waals surface area contributed by atoms with Crippen molar-refractivity contribution in [1.29, 1.82) is 0 Å². The first kappa shape index (κ1) is 24.0. The van der Waals surface area contributed by atoms with Gasteiger partial charge in [-0.1, -0.05) is 61.2 Å². The van der Waals surface area contributed by atoms with Crippen LogP contribution in [-0.2, 0) is 22.4 Å². The molecule has 2 atom stereocenters. The molecular weight excluding hydrogens is 497 g/mol. The van der Waals surface area contributed by atoms with Gasteiger partial charge in [-0.15, -0.1) is 22.7 Å². The SMILES string of the molecule is CCOC(=O)c1c(NC(=O)[C@H](Sc2nc3ccccc3s2)c2ccccc2)sc2c1CC[C@H](C)C2. The predicted octanol–water partition coefficient (Wildman–Crippen LogP) is 7.13. The lowest BCUT2D eigenvalue weighted by Crippen LogP contribution is -2.20. The average Bonchev–Trinajstić information content (AvgIpc) is 3.43. The highest BCUT2D eigenvalue weighted by atomic mass is 32.2. The summed E-state index contributed by atoms with van der Waals surface area (Å²) in [5, 5.41) is 3.20. The monoisotopic (exact) mass is 522 g/mol. The Bertz CT molecular complexity index is 1330. The number of hydrogen-bond acceptors (Lipinski definition) is 7. The van der Waals surface area contributed by atoms with Gasteiger partial charge in [0.2, 0.25) is 5.91 Å². The number of thiophene rings is 1. The van der Waals surface area contributed by atoms with E-state index in [1.54, 1.807) is 18.3 Å². The molecule has 0 bridgehead atoms. The standard InChI is InChI=1S/C27H26N2O3S3/c1-3-32-26(31)22-18-14-13-16(2)15-21(18)33-25(22)29-24(30)23(17-9-5-4-6-10-17)35-27-28-19-11-7-8-12-20(19)34-27/h4-12,16,23H,3,13-15H2,1-2H3,(H,29,30)/t16-,23+/m0/s1. The average molecular weight is 523 g/mol. The number of anilines is 1. The summed E-state index contributed by atoms with van der Waals surface area (Å²) in [4.78, 5) is 32.6. The van der Waals surface area contributed by atoms with E-state index in [9.17, 15) is 9.59 Å². The van der Waals surface area contributed by atoms with Crippen molar-refractivity contribution in [3.8, 4) is 0 Å². The van der Waals surface area contributed by atoms with Gasteiger partial charge < -0.3 is 10.1 Å².